The number of benzene rings is 2. The number of nitrogens with one attached hydrogen (secondary N) is 1. The molecule has 0 spiro atoms. The van der Waals surface area contributed by atoms with E-state index in [1.807, 2.05) is 47.8 Å². The molecule has 26 heavy (non-hydrogen) atoms. The van der Waals surface area contributed by atoms with Crippen LogP contribution in [0.5, 0.6) is 0 Å². The lowest BCUT2D eigenvalue weighted by Gasteiger charge is -2.14. The highest BCUT2D eigenvalue weighted by molar-refractivity contribution is 7.09. The van der Waals surface area contributed by atoms with Gasteiger partial charge in [0.2, 0.25) is 5.91 Å². The second-order valence-electron chi connectivity index (χ2n) is 6.15. The second kappa shape index (κ2) is 8.58. The number of fused-ring (bicyclic) bond motifs is 1. The van der Waals surface area contributed by atoms with Gasteiger partial charge in [0, 0.05) is 31.0 Å². The van der Waals surface area contributed by atoms with Gasteiger partial charge >= 0.3 is 5.97 Å². The summed E-state index contributed by atoms with van der Waals surface area (Å²) >= 11 is 1.51. The van der Waals surface area contributed by atoms with Crippen LogP contribution in [0.1, 0.15) is 17.0 Å². The van der Waals surface area contributed by atoms with Crippen LogP contribution in [0.25, 0.3) is 10.8 Å². The van der Waals surface area contributed by atoms with Gasteiger partial charge in [-0.25, -0.2) is 4.98 Å². The molecule has 1 aromatic heterocycles. The van der Waals surface area contributed by atoms with Crippen molar-refractivity contribution in [1.82, 2.24) is 10.3 Å². The number of hydrogen-bond acceptors (Lipinski definition) is 4. The number of carboxylic acid groups (broad SMARTS) is 1. The minimum atomic E-state index is -0.904. The van der Waals surface area contributed by atoms with Crippen molar-refractivity contribution in [2.75, 3.05) is 6.54 Å². The summed E-state index contributed by atoms with van der Waals surface area (Å²) in [7, 11) is 0. The van der Waals surface area contributed by atoms with Crippen LogP contribution in [0.3, 0.4) is 0 Å². The summed E-state index contributed by atoms with van der Waals surface area (Å²) < 4.78 is 0. The first-order chi connectivity index (χ1) is 12.6. The SMILES string of the molecule is O=C(CCc1nccs1)NCC(Cc1ccc2ccccc2c1)C(=O)O. The highest BCUT2D eigenvalue weighted by Crippen LogP contribution is 2.18. The molecular formula is C20H20N2O3S. The Hall–Kier alpha value is -2.73. The predicted octanol–water partition coefficient (Wildman–Crippen LogP) is 3.29. The van der Waals surface area contributed by atoms with Gasteiger partial charge in [-0.2, -0.15) is 0 Å². The van der Waals surface area contributed by atoms with E-state index in [-0.39, 0.29) is 12.5 Å². The van der Waals surface area contributed by atoms with Crippen molar-refractivity contribution in [2.24, 2.45) is 5.92 Å². The zero-order valence-corrected chi connectivity index (χ0v) is 15.0. The summed E-state index contributed by atoms with van der Waals surface area (Å²) in [6.45, 7) is 0.124. The predicted molar refractivity (Wildman–Crippen MR) is 102 cm³/mol. The number of hydrogen-bond donors (Lipinski definition) is 2. The molecule has 3 rings (SSSR count). The Bertz CT molecular complexity index is 893. The van der Waals surface area contributed by atoms with E-state index < -0.39 is 11.9 Å². The third-order valence-corrected chi connectivity index (χ3v) is 5.08. The average molecular weight is 368 g/mol. The molecule has 0 fully saturated rings. The van der Waals surface area contributed by atoms with Crippen molar-refractivity contribution in [3.8, 4) is 0 Å². The van der Waals surface area contributed by atoms with Crippen molar-refractivity contribution in [1.29, 1.82) is 0 Å². The molecule has 5 nitrogen and oxygen atoms in total. The van der Waals surface area contributed by atoms with Crippen LogP contribution in [-0.4, -0.2) is 28.5 Å². The minimum absolute atomic E-state index is 0.124. The average Bonchev–Trinajstić information content (AvgIpc) is 3.16. The van der Waals surface area contributed by atoms with Crippen molar-refractivity contribution in [3.05, 3.63) is 64.6 Å². The number of amides is 1. The van der Waals surface area contributed by atoms with E-state index in [9.17, 15) is 14.7 Å². The summed E-state index contributed by atoms with van der Waals surface area (Å²) in [5.41, 5.74) is 0.952. The number of carboxylic acids is 1. The van der Waals surface area contributed by atoms with Crippen molar-refractivity contribution in [3.63, 3.8) is 0 Å². The Morgan fingerprint density at radius 3 is 2.69 bits per heavy atom. The second-order valence-corrected chi connectivity index (χ2v) is 7.13. The molecule has 3 aromatic rings. The molecule has 2 N–H and O–H groups in total. The van der Waals surface area contributed by atoms with Gasteiger partial charge in [-0.3, -0.25) is 9.59 Å². The number of thiazole rings is 1. The summed E-state index contributed by atoms with van der Waals surface area (Å²) in [4.78, 5) is 27.7. The van der Waals surface area contributed by atoms with Gasteiger partial charge in [0.1, 0.15) is 0 Å². The van der Waals surface area contributed by atoms with Crippen molar-refractivity contribution >= 4 is 34.0 Å². The van der Waals surface area contributed by atoms with Crippen LogP contribution >= 0.6 is 11.3 Å². The van der Waals surface area contributed by atoms with Crippen molar-refractivity contribution in [2.45, 2.75) is 19.3 Å². The first-order valence-corrected chi connectivity index (χ1v) is 9.35. The van der Waals surface area contributed by atoms with Gasteiger partial charge in [-0.05, 0) is 22.8 Å². The van der Waals surface area contributed by atoms with Gasteiger partial charge in [-0.15, -0.1) is 11.3 Å². The van der Waals surface area contributed by atoms with Gasteiger partial charge in [0.25, 0.3) is 0 Å². The first-order valence-electron chi connectivity index (χ1n) is 8.47. The molecule has 0 radical (unpaired) electrons. The van der Waals surface area contributed by atoms with Crippen LogP contribution in [0.15, 0.2) is 54.0 Å². The smallest absolute Gasteiger partial charge is 0.308 e. The van der Waals surface area contributed by atoms with E-state index in [1.54, 1.807) is 6.20 Å². The molecule has 0 aliphatic heterocycles. The molecule has 1 unspecified atom stereocenters. The Balaban J connectivity index is 1.56. The third kappa shape index (κ3) is 4.89. The van der Waals surface area contributed by atoms with Gasteiger partial charge in [0.15, 0.2) is 0 Å². The highest BCUT2D eigenvalue weighted by atomic mass is 32.1. The first kappa shape index (κ1) is 18.1. The van der Waals surface area contributed by atoms with E-state index in [2.05, 4.69) is 10.3 Å². The van der Waals surface area contributed by atoms with Gasteiger partial charge in [-0.1, -0.05) is 42.5 Å². The summed E-state index contributed by atoms with van der Waals surface area (Å²) in [5, 5.41) is 17.2. The number of aryl methyl sites for hydroxylation is 1. The quantitative estimate of drug-likeness (QED) is 0.639. The highest BCUT2D eigenvalue weighted by Gasteiger charge is 2.19. The maximum Gasteiger partial charge on any atom is 0.308 e. The molecule has 0 aliphatic rings. The monoisotopic (exact) mass is 368 g/mol. The van der Waals surface area contributed by atoms with E-state index >= 15 is 0 Å². The van der Waals surface area contributed by atoms with E-state index in [4.69, 9.17) is 0 Å². The van der Waals surface area contributed by atoms with E-state index in [0.29, 0.717) is 19.3 Å². The van der Waals surface area contributed by atoms with Crippen LogP contribution < -0.4 is 5.32 Å². The van der Waals surface area contributed by atoms with Crippen LogP contribution in [0.2, 0.25) is 0 Å². The van der Waals surface area contributed by atoms with E-state index in [1.165, 1.54) is 11.3 Å². The molecule has 1 heterocycles. The minimum Gasteiger partial charge on any atom is -0.481 e. The Morgan fingerprint density at radius 1 is 1.15 bits per heavy atom. The summed E-state index contributed by atoms with van der Waals surface area (Å²) in [6.07, 6.45) is 2.98. The number of aromatic nitrogens is 1. The number of aliphatic carboxylic acids is 1. The molecule has 0 saturated carbocycles. The molecule has 134 valence electrons. The number of carbonyl (C=O) groups excluding carboxylic acids is 1. The van der Waals surface area contributed by atoms with Gasteiger partial charge in [0.05, 0.1) is 10.9 Å². The molecule has 0 aliphatic carbocycles. The number of carbonyl (C=O) groups is 2. The fraction of sp³-hybridized carbons (Fsp3) is 0.250. The molecule has 1 amide bonds. The van der Waals surface area contributed by atoms with Crippen molar-refractivity contribution < 1.29 is 14.7 Å². The standard InChI is InChI=1S/C20H20N2O3S/c23-18(7-8-19-21-9-10-26-19)22-13-17(20(24)25)12-14-5-6-15-3-1-2-4-16(15)11-14/h1-6,9-11,17H,7-8,12-13H2,(H,22,23)(H,24,25). The maximum atomic E-state index is 12.0. The lowest BCUT2D eigenvalue weighted by molar-refractivity contribution is -0.141. The largest absolute Gasteiger partial charge is 0.481 e. The topological polar surface area (TPSA) is 79.3 Å². The molecule has 0 saturated heterocycles. The summed E-state index contributed by atoms with van der Waals surface area (Å²) in [6, 6.07) is 13.9. The third-order valence-electron chi connectivity index (χ3n) is 4.24. The fourth-order valence-electron chi connectivity index (χ4n) is 2.82. The van der Waals surface area contributed by atoms with Gasteiger partial charge < -0.3 is 10.4 Å². The Morgan fingerprint density at radius 2 is 1.96 bits per heavy atom. The van der Waals surface area contributed by atoms with Crippen LogP contribution in [0, 0.1) is 5.92 Å². The Kier molecular flexibility index (Phi) is 5.96. The van der Waals surface area contributed by atoms with Crippen LogP contribution in [-0.2, 0) is 22.4 Å². The molecular weight excluding hydrogens is 348 g/mol. The fourth-order valence-corrected chi connectivity index (χ4v) is 3.44. The maximum absolute atomic E-state index is 12.0. The lowest BCUT2D eigenvalue weighted by Crippen LogP contribution is -2.34. The number of rotatable bonds is 8. The normalized spacial score (nSPS) is 12.0. The number of nitrogens with zero attached hydrogens (tertiary/aromatic N) is 1. The molecule has 0 bridgehead atoms. The molecule has 2 aromatic carbocycles. The zero-order chi connectivity index (χ0) is 18.4. The lowest BCUT2D eigenvalue weighted by atomic mass is 9.97. The molecule has 1 atom stereocenters. The van der Waals surface area contributed by atoms with Crippen LogP contribution in [0.4, 0.5) is 0 Å². The zero-order valence-electron chi connectivity index (χ0n) is 14.2. The molecule has 6 heteroatoms. The summed E-state index contributed by atoms with van der Waals surface area (Å²) in [5.74, 6) is -1.71. The Labute approximate surface area is 155 Å². The van der Waals surface area contributed by atoms with E-state index in [0.717, 1.165) is 21.3 Å².